The molecule has 3 nitrogen and oxygen atoms in total. The quantitative estimate of drug-likeness (QED) is 0.621. The van der Waals surface area contributed by atoms with Crippen molar-refractivity contribution in [2.75, 3.05) is 5.73 Å². The Morgan fingerprint density at radius 1 is 1.29 bits per heavy atom. The van der Waals surface area contributed by atoms with Gasteiger partial charge < -0.3 is 5.73 Å². The van der Waals surface area contributed by atoms with Gasteiger partial charge in [-0.3, -0.25) is 4.79 Å². The lowest BCUT2D eigenvalue weighted by atomic mass is 10.1. The number of hydrogen-bond acceptors (Lipinski definition) is 4. The molecule has 0 amide bonds. The molecule has 2 aromatic heterocycles. The summed E-state index contributed by atoms with van der Waals surface area (Å²) in [5.74, 6) is 0. The number of carbonyl (C=O) groups excluding carboxylic acids is 1. The van der Waals surface area contributed by atoms with Crippen LogP contribution in [0.25, 0.3) is 10.2 Å². The number of aryl methyl sites for hydroxylation is 2. The number of nitrogens with two attached hydrogens (primary N) is 1. The summed E-state index contributed by atoms with van der Waals surface area (Å²) in [5, 5.41) is 0.956. The number of aromatic nitrogens is 1. The number of fused-ring (bicyclic) bond motifs is 2. The first kappa shape index (κ1) is 10.7. The van der Waals surface area contributed by atoms with Gasteiger partial charge in [0.25, 0.3) is 0 Å². The molecule has 2 heterocycles. The van der Waals surface area contributed by atoms with Gasteiger partial charge in [0.05, 0.1) is 10.6 Å². The number of hydrogen-bond donors (Lipinski definition) is 1. The minimum atomic E-state index is 0.597. The maximum Gasteiger partial charge on any atom is 0.162 e. The summed E-state index contributed by atoms with van der Waals surface area (Å²) in [6.45, 7) is 0. The Kier molecular flexibility index (Phi) is 2.59. The van der Waals surface area contributed by atoms with Crippen molar-refractivity contribution in [3.8, 4) is 0 Å². The van der Waals surface area contributed by atoms with Crippen molar-refractivity contribution in [2.45, 2.75) is 32.1 Å². The normalized spacial score (nSPS) is 15.5. The largest absolute Gasteiger partial charge is 0.397 e. The van der Waals surface area contributed by atoms with E-state index in [-0.39, 0.29) is 0 Å². The molecule has 0 saturated carbocycles. The highest BCUT2D eigenvalue weighted by molar-refractivity contribution is 7.20. The molecule has 1 aliphatic carbocycles. The minimum absolute atomic E-state index is 0.597. The summed E-state index contributed by atoms with van der Waals surface area (Å²) in [6.07, 6.45) is 6.69. The highest BCUT2D eigenvalue weighted by Crippen LogP contribution is 2.34. The summed E-state index contributed by atoms with van der Waals surface area (Å²) in [7, 11) is 0. The standard InChI is InChI=1S/C13H14N2OS/c14-12-9-6-8-4-2-1-3-5-10(8)15-13(9)17-11(12)7-16/h6-7H,1-5,14H2. The van der Waals surface area contributed by atoms with Crippen molar-refractivity contribution >= 4 is 33.5 Å². The van der Waals surface area contributed by atoms with Gasteiger partial charge >= 0.3 is 0 Å². The van der Waals surface area contributed by atoms with Gasteiger partial charge in [-0.05, 0) is 37.3 Å². The third-order valence-electron chi connectivity index (χ3n) is 3.39. The fraction of sp³-hybridized carbons (Fsp3) is 0.385. The monoisotopic (exact) mass is 246 g/mol. The van der Waals surface area contributed by atoms with Gasteiger partial charge in [-0.25, -0.2) is 4.98 Å². The van der Waals surface area contributed by atoms with Crippen LogP contribution in [0.3, 0.4) is 0 Å². The molecule has 4 heteroatoms. The molecule has 0 saturated heterocycles. The molecule has 2 N–H and O–H groups in total. The van der Waals surface area contributed by atoms with Crippen LogP contribution in [0.1, 0.15) is 40.2 Å². The molecule has 17 heavy (non-hydrogen) atoms. The lowest BCUT2D eigenvalue weighted by molar-refractivity contribution is 0.112. The molecule has 0 aromatic carbocycles. The summed E-state index contributed by atoms with van der Waals surface area (Å²) in [5.41, 5.74) is 9.08. The van der Waals surface area contributed by atoms with Gasteiger partial charge in [0.15, 0.2) is 6.29 Å². The Balaban J connectivity index is 2.23. The lowest BCUT2D eigenvalue weighted by Crippen LogP contribution is -1.95. The predicted octanol–water partition coefficient (Wildman–Crippen LogP) is 2.96. The summed E-state index contributed by atoms with van der Waals surface area (Å²) in [4.78, 5) is 17.1. The SMILES string of the molecule is Nc1c(C=O)sc2nc3c(cc12)CCCCC3. The Morgan fingerprint density at radius 2 is 2.12 bits per heavy atom. The number of pyridine rings is 1. The van der Waals surface area contributed by atoms with E-state index >= 15 is 0 Å². The number of nitrogen functional groups attached to an aromatic ring is 1. The Morgan fingerprint density at radius 3 is 2.94 bits per heavy atom. The van der Waals surface area contributed by atoms with Gasteiger partial charge in [-0.15, -0.1) is 11.3 Å². The van der Waals surface area contributed by atoms with Gasteiger partial charge in [-0.1, -0.05) is 6.42 Å². The van der Waals surface area contributed by atoms with Crippen LogP contribution < -0.4 is 5.73 Å². The smallest absolute Gasteiger partial charge is 0.162 e. The van der Waals surface area contributed by atoms with Crippen LogP contribution in [-0.4, -0.2) is 11.3 Å². The predicted molar refractivity (Wildman–Crippen MR) is 70.7 cm³/mol. The number of nitrogens with zero attached hydrogens (tertiary/aromatic N) is 1. The third kappa shape index (κ3) is 1.72. The number of rotatable bonds is 1. The van der Waals surface area contributed by atoms with E-state index < -0.39 is 0 Å². The average Bonchev–Trinajstić information content (AvgIpc) is 2.53. The van der Waals surface area contributed by atoms with E-state index in [2.05, 4.69) is 11.1 Å². The number of aldehydes is 1. The third-order valence-corrected chi connectivity index (χ3v) is 4.43. The second-order valence-electron chi connectivity index (χ2n) is 4.51. The Hall–Kier alpha value is -1.42. The first-order valence-corrected chi connectivity index (χ1v) is 6.77. The topological polar surface area (TPSA) is 56.0 Å². The highest BCUT2D eigenvalue weighted by Gasteiger charge is 2.15. The molecule has 88 valence electrons. The van der Waals surface area contributed by atoms with Gasteiger partial charge in [0.1, 0.15) is 4.83 Å². The zero-order valence-electron chi connectivity index (χ0n) is 9.53. The van der Waals surface area contributed by atoms with Crippen LogP contribution in [0, 0.1) is 0 Å². The van der Waals surface area contributed by atoms with Crippen molar-refractivity contribution in [1.82, 2.24) is 4.98 Å². The second-order valence-corrected chi connectivity index (χ2v) is 5.54. The molecule has 0 bridgehead atoms. The van der Waals surface area contributed by atoms with Crippen LogP contribution in [0.2, 0.25) is 0 Å². The van der Waals surface area contributed by atoms with Crippen molar-refractivity contribution in [2.24, 2.45) is 0 Å². The van der Waals surface area contributed by atoms with E-state index in [1.54, 1.807) is 0 Å². The summed E-state index contributed by atoms with van der Waals surface area (Å²) >= 11 is 1.40. The number of thiophene rings is 1. The van der Waals surface area contributed by atoms with E-state index in [0.29, 0.717) is 10.6 Å². The first-order valence-electron chi connectivity index (χ1n) is 5.95. The van der Waals surface area contributed by atoms with Crippen LogP contribution in [-0.2, 0) is 12.8 Å². The molecule has 0 fully saturated rings. The molecule has 0 atom stereocenters. The van der Waals surface area contributed by atoms with Crippen LogP contribution in [0.4, 0.5) is 5.69 Å². The number of carbonyl (C=O) groups is 1. The molecule has 0 unspecified atom stereocenters. The fourth-order valence-electron chi connectivity index (χ4n) is 2.44. The van der Waals surface area contributed by atoms with Crippen LogP contribution in [0.5, 0.6) is 0 Å². The highest BCUT2D eigenvalue weighted by atomic mass is 32.1. The van der Waals surface area contributed by atoms with E-state index in [4.69, 9.17) is 5.73 Å². The van der Waals surface area contributed by atoms with Crippen LogP contribution >= 0.6 is 11.3 Å². The average molecular weight is 246 g/mol. The van der Waals surface area contributed by atoms with Gasteiger partial charge in [-0.2, -0.15) is 0 Å². The van der Waals surface area contributed by atoms with Crippen molar-refractivity contribution in [3.05, 3.63) is 22.2 Å². The fourth-order valence-corrected chi connectivity index (χ4v) is 3.35. The van der Waals surface area contributed by atoms with Crippen molar-refractivity contribution in [3.63, 3.8) is 0 Å². The van der Waals surface area contributed by atoms with E-state index in [0.717, 1.165) is 29.3 Å². The molecule has 0 aliphatic heterocycles. The summed E-state index contributed by atoms with van der Waals surface area (Å²) in [6, 6.07) is 2.14. The summed E-state index contributed by atoms with van der Waals surface area (Å²) < 4.78 is 0. The van der Waals surface area contributed by atoms with E-state index in [1.807, 2.05) is 0 Å². The number of anilines is 1. The molecule has 3 rings (SSSR count). The van der Waals surface area contributed by atoms with Gasteiger partial charge in [0, 0.05) is 11.1 Å². The molecule has 0 spiro atoms. The van der Waals surface area contributed by atoms with E-state index in [1.165, 1.54) is 41.9 Å². The van der Waals surface area contributed by atoms with Gasteiger partial charge in [0.2, 0.25) is 0 Å². The minimum Gasteiger partial charge on any atom is -0.397 e. The van der Waals surface area contributed by atoms with Crippen molar-refractivity contribution in [1.29, 1.82) is 0 Å². The molecule has 1 aliphatic rings. The zero-order valence-corrected chi connectivity index (χ0v) is 10.3. The molecule has 2 aromatic rings. The Bertz CT molecular complexity index is 589. The van der Waals surface area contributed by atoms with E-state index in [9.17, 15) is 4.79 Å². The van der Waals surface area contributed by atoms with Crippen LogP contribution in [0.15, 0.2) is 6.07 Å². The molecular weight excluding hydrogens is 232 g/mol. The lowest BCUT2D eigenvalue weighted by Gasteiger charge is -2.04. The Labute approximate surface area is 104 Å². The zero-order chi connectivity index (χ0) is 11.8. The maximum absolute atomic E-state index is 10.9. The molecular formula is C13H14N2OS. The second kappa shape index (κ2) is 4.11. The first-order chi connectivity index (χ1) is 8.29. The molecule has 0 radical (unpaired) electrons. The maximum atomic E-state index is 10.9. The van der Waals surface area contributed by atoms with Crippen molar-refractivity contribution < 1.29 is 4.79 Å².